The van der Waals surface area contributed by atoms with E-state index in [1.165, 1.54) is 128 Å². The lowest BCUT2D eigenvalue weighted by Crippen LogP contribution is -2.61. The molecule has 12 nitrogen and oxygen atoms in total. The van der Waals surface area contributed by atoms with E-state index in [-0.39, 0.29) is 25.9 Å². The number of carboxylic acid groups (broad SMARTS) is 1. The van der Waals surface area contributed by atoms with Crippen LogP contribution in [0.3, 0.4) is 0 Å². The Morgan fingerprint density at radius 1 is 0.420 bits per heavy atom. The number of aliphatic hydroxyl groups is 2. The first kappa shape index (κ1) is 75.4. The maximum absolute atomic E-state index is 13.2. The summed E-state index contributed by atoms with van der Waals surface area (Å²) in [5, 5.41) is 31.6. The smallest absolute Gasteiger partial charge is 0.335 e. The summed E-state index contributed by atoms with van der Waals surface area (Å²) in [7, 11) is 0. The van der Waals surface area contributed by atoms with Crippen LogP contribution >= 0.6 is 0 Å². The summed E-state index contributed by atoms with van der Waals surface area (Å²) in [6.07, 6.45) is 58.9. The lowest BCUT2D eigenvalue weighted by molar-refractivity contribution is -0.301. The van der Waals surface area contributed by atoms with Gasteiger partial charge in [-0.05, 0) is 83.5 Å². The molecule has 0 bridgehead atoms. The SMILES string of the molecule is CC/C=C\C/C=C\C/C=C\CCCCCCCC(=O)OC(COC(=O)CCCCCCCCC/C=C\C/C=C\CCCCC)COC1OC(C(=O)O)C(O)C(O)C1OC(=O)CCCCCCCCCCCCCCCCCCCCC. The van der Waals surface area contributed by atoms with Crippen LogP contribution in [-0.4, -0.2) is 89.2 Å². The summed E-state index contributed by atoms with van der Waals surface area (Å²) in [4.78, 5) is 51.4. The molecule has 0 aromatic carbocycles. The van der Waals surface area contributed by atoms with Crippen LogP contribution in [0, 0.1) is 0 Å². The van der Waals surface area contributed by atoms with E-state index in [0.29, 0.717) is 19.3 Å². The average Bonchev–Trinajstić information content (AvgIpc) is 3.52. The van der Waals surface area contributed by atoms with Gasteiger partial charge in [-0.3, -0.25) is 14.4 Å². The van der Waals surface area contributed by atoms with Crippen molar-refractivity contribution in [3.05, 3.63) is 60.8 Å². The molecule has 0 aromatic rings. The van der Waals surface area contributed by atoms with Gasteiger partial charge in [0, 0.05) is 19.3 Å². The summed E-state index contributed by atoms with van der Waals surface area (Å²) < 4.78 is 28.5. The zero-order chi connectivity index (χ0) is 58.9. The Morgan fingerprint density at radius 2 is 0.778 bits per heavy atom. The highest BCUT2D eigenvalue weighted by Crippen LogP contribution is 2.27. The van der Waals surface area contributed by atoms with E-state index in [2.05, 4.69) is 81.5 Å². The van der Waals surface area contributed by atoms with Gasteiger partial charge in [-0.15, -0.1) is 0 Å². The quantitative estimate of drug-likeness (QED) is 0.0228. The third-order valence-corrected chi connectivity index (χ3v) is 15.1. The normalized spacial score (nSPS) is 18.1. The second-order valence-corrected chi connectivity index (χ2v) is 22.7. The number of carbonyl (C=O) groups excluding carboxylic acids is 3. The molecule has 6 unspecified atom stereocenters. The van der Waals surface area contributed by atoms with Crippen molar-refractivity contribution in [3.8, 4) is 0 Å². The maximum Gasteiger partial charge on any atom is 0.335 e. The number of hydrogen-bond acceptors (Lipinski definition) is 11. The van der Waals surface area contributed by atoms with Gasteiger partial charge in [-0.1, -0.05) is 261 Å². The predicted molar refractivity (Wildman–Crippen MR) is 331 cm³/mol. The van der Waals surface area contributed by atoms with E-state index < -0.39 is 67.3 Å². The lowest BCUT2D eigenvalue weighted by Gasteiger charge is -2.40. The molecule has 1 aliphatic rings. The number of ether oxygens (including phenoxy) is 5. The van der Waals surface area contributed by atoms with Gasteiger partial charge >= 0.3 is 23.9 Å². The van der Waals surface area contributed by atoms with Crippen molar-refractivity contribution in [2.45, 2.75) is 340 Å². The number of hydrogen-bond donors (Lipinski definition) is 3. The largest absolute Gasteiger partial charge is 0.479 e. The molecule has 12 heteroatoms. The van der Waals surface area contributed by atoms with Crippen LogP contribution in [0.25, 0.3) is 0 Å². The summed E-state index contributed by atoms with van der Waals surface area (Å²) in [5.74, 6) is -3.13. The van der Waals surface area contributed by atoms with E-state index in [4.69, 9.17) is 23.7 Å². The van der Waals surface area contributed by atoms with E-state index in [1.54, 1.807) is 0 Å². The molecule has 0 aliphatic carbocycles. The van der Waals surface area contributed by atoms with Crippen molar-refractivity contribution in [2.24, 2.45) is 0 Å². The zero-order valence-electron chi connectivity index (χ0n) is 51.8. The van der Waals surface area contributed by atoms with Gasteiger partial charge in [0.2, 0.25) is 0 Å². The van der Waals surface area contributed by atoms with Crippen molar-refractivity contribution < 1.29 is 58.2 Å². The van der Waals surface area contributed by atoms with Crippen molar-refractivity contribution in [3.63, 3.8) is 0 Å². The van der Waals surface area contributed by atoms with Crippen molar-refractivity contribution in [2.75, 3.05) is 13.2 Å². The Balaban J connectivity index is 2.64. The lowest BCUT2D eigenvalue weighted by atomic mass is 9.98. The zero-order valence-corrected chi connectivity index (χ0v) is 51.8. The number of rotatable bonds is 57. The van der Waals surface area contributed by atoms with Crippen molar-refractivity contribution >= 4 is 23.9 Å². The highest BCUT2D eigenvalue weighted by molar-refractivity contribution is 5.74. The molecule has 6 atom stereocenters. The minimum absolute atomic E-state index is 0.0610. The molecule has 3 N–H and O–H groups in total. The van der Waals surface area contributed by atoms with Crippen LogP contribution in [0.5, 0.6) is 0 Å². The molecule has 1 fully saturated rings. The second-order valence-electron chi connectivity index (χ2n) is 22.7. The van der Waals surface area contributed by atoms with Crippen molar-refractivity contribution in [1.29, 1.82) is 0 Å². The number of aliphatic carboxylic acids is 1. The molecule has 81 heavy (non-hydrogen) atoms. The van der Waals surface area contributed by atoms with Gasteiger partial charge in [0.1, 0.15) is 18.8 Å². The highest BCUT2D eigenvalue weighted by Gasteiger charge is 2.50. The van der Waals surface area contributed by atoms with Gasteiger partial charge < -0.3 is 39.0 Å². The number of aliphatic hydroxyl groups excluding tert-OH is 2. The highest BCUT2D eigenvalue weighted by atomic mass is 16.7. The van der Waals surface area contributed by atoms with Crippen LogP contribution in [0.2, 0.25) is 0 Å². The van der Waals surface area contributed by atoms with E-state index in [9.17, 15) is 34.5 Å². The number of carbonyl (C=O) groups is 4. The van der Waals surface area contributed by atoms with E-state index in [0.717, 1.165) is 116 Å². The molecule has 0 amide bonds. The van der Waals surface area contributed by atoms with Crippen LogP contribution < -0.4 is 0 Å². The van der Waals surface area contributed by atoms with Gasteiger partial charge in [-0.2, -0.15) is 0 Å². The standard InChI is InChI=1S/C69H120O12/c1-4-7-10-13-16-19-22-25-28-30-31-33-36-39-42-45-48-51-54-57-63(72)80-67-65(74)64(73)66(68(75)76)81-69(67)78-59-60(79-62(71)56-53-50-47-44-41-38-34-27-24-21-18-15-12-9-6-3)58-77-61(70)55-52-49-46-43-40-37-35-32-29-26-23-20-17-14-11-8-5-2/h9,12,17-18,20-21,26-27,29,34,60,64-67,69,73-74H,4-8,10-11,13-16,19,22-25,28,30-33,35-59H2,1-3H3,(H,75,76)/b12-9-,20-17-,21-18-,29-26-,34-27-. The Labute approximate surface area is 494 Å². The Morgan fingerprint density at radius 3 is 1.21 bits per heavy atom. The molecule has 1 aliphatic heterocycles. The average molecular weight is 1140 g/mol. The fourth-order valence-corrected chi connectivity index (χ4v) is 10.0. The molecular weight excluding hydrogens is 1020 g/mol. The molecule has 1 rings (SSSR count). The van der Waals surface area contributed by atoms with Gasteiger partial charge in [-0.25, -0.2) is 4.79 Å². The summed E-state index contributed by atoms with van der Waals surface area (Å²) in [6, 6.07) is 0. The molecule has 0 radical (unpaired) electrons. The van der Waals surface area contributed by atoms with Crippen LogP contribution in [0.1, 0.15) is 303 Å². The van der Waals surface area contributed by atoms with Gasteiger partial charge in [0.15, 0.2) is 24.6 Å². The van der Waals surface area contributed by atoms with Crippen molar-refractivity contribution in [1.82, 2.24) is 0 Å². The summed E-state index contributed by atoms with van der Waals surface area (Å²) in [5.41, 5.74) is 0. The van der Waals surface area contributed by atoms with Gasteiger partial charge in [0.05, 0.1) is 6.61 Å². The van der Waals surface area contributed by atoms with E-state index >= 15 is 0 Å². The minimum Gasteiger partial charge on any atom is -0.479 e. The van der Waals surface area contributed by atoms with Crippen LogP contribution in [-0.2, 0) is 42.9 Å². The molecule has 468 valence electrons. The topological polar surface area (TPSA) is 175 Å². The van der Waals surface area contributed by atoms with Gasteiger partial charge in [0.25, 0.3) is 0 Å². The molecule has 0 saturated carbocycles. The number of esters is 3. The molecule has 1 heterocycles. The first-order valence-corrected chi connectivity index (χ1v) is 33.3. The third kappa shape index (κ3) is 46.5. The molecule has 1 saturated heterocycles. The Hall–Kier alpha value is -3.58. The first-order valence-electron chi connectivity index (χ1n) is 33.3. The molecule has 0 spiro atoms. The molecule has 0 aromatic heterocycles. The number of unbranched alkanes of at least 4 members (excludes halogenated alkanes) is 33. The predicted octanol–water partition coefficient (Wildman–Crippen LogP) is 17.9. The minimum atomic E-state index is -1.91. The Kier molecular flexibility index (Phi) is 53.0. The summed E-state index contributed by atoms with van der Waals surface area (Å²) in [6.45, 7) is 5.88. The number of allylic oxidation sites excluding steroid dienone is 10. The fraction of sp³-hybridized carbons (Fsp3) is 0.797. The first-order chi connectivity index (χ1) is 39.6. The van der Waals surface area contributed by atoms with Crippen LogP contribution in [0.4, 0.5) is 0 Å². The maximum atomic E-state index is 13.2. The number of carboxylic acids is 1. The Bertz CT molecular complexity index is 1640. The summed E-state index contributed by atoms with van der Waals surface area (Å²) >= 11 is 0. The van der Waals surface area contributed by atoms with E-state index in [1.807, 2.05) is 0 Å². The third-order valence-electron chi connectivity index (χ3n) is 15.1. The van der Waals surface area contributed by atoms with Crippen LogP contribution in [0.15, 0.2) is 60.8 Å². The molecular formula is C69H120O12. The fourth-order valence-electron chi connectivity index (χ4n) is 10.0. The second kappa shape index (κ2) is 56.9. The monoisotopic (exact) mass is 1140 g/mol.